The number of aromatic nitrogens is 1. The summed E-state index contributed by atoms with van der Waals surface area (Å²) in [6.07, 6.45) is 3.95. The molecule has 3 heterocycles. The Balaban J connectivity index is 1.41. The number of ether oxygens (including phenoxy) is 1. The second kappa shape index (κ2) is 8.01. The van der Waals surface area contributed by atoms with E-state index in [1.54, 1.807) is 7.11 Å². The molecule has 4 rings (SSSR count). The van der Waals surface area contributed by atoms with Gasteiger partial charge in [-0.1, -0.05) is 30.3 Å². The van der Waals surface area contributed by atoms with E-state index in [0.29, 0.717) is 26.0 Å². The molecule has 5 nitrogen and oxygen atoms in total. The fraction of sp³-hybridized carbons (Fsp3) is 0.409. The van der Waals surface area contributed by atoms with E-state index in [0.717, 1.165) is 35.7 Å². The monoisotopic (exact) mass is 363 g/mol. The highest BCUT2D eigenvalue weighted by molar-refractivity contribution is 6.02. The van der Waals surface area contributed by atoms with Crippen LogP contribution >= 0.6 is 0 Å². The maximum atomic E-state index is 12.7. The molecule has 2 aromatic rings. The first-order valence-corrected chi connectivity index (χ1v) is 9.57. The Morgan fingerprint density at radius 2 is 2.07 bits per heavy atom. The molecule has 140 valence electrons. The number of pyridine rings is 1. The molecule has 2 aliphatic heterocycles. The number of nitrogens with zero attached hydrogens (tertiary/aromatic N) is 3. The van der Waals surface area contributed by atoms with E-state index in [1.165, 1.54) is 12.0 Å². The van der Waals surface area contributed by atoms with Gasteiger partial charge < -0.3 is 9.64 Å². The van der Waals surface area contributed by atoms with E-state index in [-0.39, 0.29) is 11.7 Å². The number of hydrogen-bond acceptors (Lipinski definition) is 5. The summed E-state index contributed by atoms with van der Waals surface area (Å²) >= 11 is 0. The maximum Gasteiger partial charge on any atom is 0.139 e. The van der Waals surface area contributed by atoms with Crippen molar-refractivity contribution in [3.05, 3.63) is 65.0 Å². The molecule has 0 radical (unpaired) electrons. The largest absolute Gasteiger partial charge is 0.384 e. The van der Waals surface area contributed by atoms with Crippen LogP contribution in [0.5, 0.6) is 0 Å². The second-order valence-corrected chi connectivity index (χ2v) is 7.30. The van der Waals surface area contributed by atoms with Crippen LogP contribution in [0.3, 0.4) is 0 Å². The molecule has 0 unspecified atom stereocenters. The number of carbonyl (C=O) groups is 1. The molecule has 1 fully saturated rings. The number of rotatable bonds is 7. The van der Waals surface area contributed by atoms with Gasteiger partial charge in [0.2, 0.25) is 0 Å². The third kappa shape index (κ3) is 3.93. The molecule has 0 bridgehead atoms. The van der Waals surface area contributed by atoms with Gasteiger partial charge >= 0.3 is 0 Å². The van der Waals surface area contributed by atoms with Crippen LogP contribution in [0.15, 0.2) is 47.6 Å². The summed E-state index contributed by atoms with van der Waals surface area (Å²) < 4.78 is 5.33. The van der Waals surface area contributed by atoms with Crippen molar-refractivity contribution in [3.8, 4) is 0 Å². The van der Waals surface area contributed by atoms with Gasteiger partial charge in [-0.15, -0.1) is 0 Å². The molecule has 0 N–H and O–H groups in total. The highest BCUT2D eigenvalue weighted by Gasteiger charge is 2.26. The molecule has 1 aromatic carbocycles. The molecule has 0 spiro atoms. The van der Waals surface area contributed by atoms with Crippen LogP contribution in [0, 0.1) is 0 Å². The summed E-state index contributed by atoms with van der Waals surface area (Å²) in [6, 6.07) is 12.1. The Bertz CT molecular complexity index is 844. The number of carbonyl (C=O) groups excluding carboxylic acids is 1. The van der Waals surface area contributed by atoms with Crippen molar-refractivity contribution in [1.29, 1.82) is 0 Å². The van der Waals surface area contributed by atoms with Gasteiger partial charge in [0, 0.05) is 56.4 Å². The first-order chi connectivity index (χ1) is 13.2. The lowest BCUT2D eigenvalue weighted by atomic mass is 9.93. The quantitative estimate of drug-likeness (QED) is 0.759. The number of benzene rings is 1. The average molecular weight is 363 g/mol. The third-order valence-electron chi connectivity index (χ3n) is 5.33. The fourth-order valence-corrected chi connectivity index (χ4v) is 3.77. The van der Waals surface area contributed by atoms with Crippen molar-refractivity contribution in [3.63, 3.8) is 0 Å². The smallest absolute Gasteiger partial charge is 0.139 e. The molecular weight excluding hydrogens is 338 g/mol. The van der Waals surface area contributed by atoms with E-state index in [2.05, 4.69) is 33.1 Å². The highest BCUT2D eigenvalue weighted by atomic mass is 16.5. The van der Waals surface area contributed by atoms with E-state index in [4.69, 9.17) is 4.74 Å². The molecule has 2 aliphatic rings. The first kappa shape index (κ1) is 17.9. The highest BCUT2D eigenvalue weighted by Crippen LogP contribution is 2.25. The lowest BCUT2D eigenvalue weighted by molar-refractivity contribution is -0.119. The lowest BCUT2D eigenvalue weighted by Gasteiger charge is -2.33. The van der Waals surface area contributed by atoms with Crippen LogP contribution in [0.4, 0.5) is 0 Å². The Morgan fingerprint density at radius 1 is 1.26 bits per heavy atom. The molecule has 1 aromatic heterocycles. The Morgan fingerprint density at radius 3 is 2.78 bits per heavy atom. The zero-order valence-corrected chi connectivity index (χ0v) is 15.7. The molecular formula is C22H25N3O2. The molecule has 27 heavy (non-hydrogen) atoms. The van der Waals surface area contributed by atoms with Gasteiger partial charge in [0.1, 0.15) is 11.6 Å². The Hall–Kier alpha value is -2.53. The summed E-state index contributed by atoms with van der Waals surface area (Å²) in [5, 5.41) is 0. The van der Waals surface area contributed by atoms with Crippen molar-refractivity contribution >= 4 is 11.6 Å². The minimum Gasteiger partial charge on any atom is -0.384 e. The van der Waals surface area contributed by atoms with Crippen LogP contribution in [0.2, 0.25) is 0 Å². The number of likely N-dealkylation sites (tertiary alicyclic amines) is 1. The van der Waals surface area contributed by atoms with Crippen molar-refractivity contribution in [2.75, 3.05) is 26.8 Å². The minimum absolute atomic E-state index is 0.0829. The summed E-state index contributed by atoms with van der Waals surface area (Å²) in [4.78, 5) is 24.2. The zero-order chi connectivity index (χ0) is 18.6. The third-order valence-corrected chi connectivity index (χ3v) is 5.33. The molecule has 1 atom stereocenters. The summed E-state index contributed by atoms with van der Waals surface area (Å²) in [5.41, 5.74) is 4.30. The standard InChI is InChI=1S/C22H25N3O2/c1-27-15-18(16-6-3-2-4-7-16)11-20(26)12-19-10-17-13-24-22(21(17)14-23-19)25-8-5-9-25/h2-4,6-7,10,14,18H,5,8-9,11-13,15H2,1H3/t18-/m1/s1. The van der Waals surface area contributed by atoms with E-state index in [1.807, 2.05) is 24.4 Å². The van der Waals surface area contributed by atoms with E-state index >= 15 is 0 Å². The maximum absolute atomic E-state index is 12.7. The SMILES string of the molecule is COC[C@@H](CC(=O)Cc1cc2c(cn1)C(N1CCC1)=NC2)c1ccccc1. The van der Waals surface area contributed by atoms with Crippen LogP contribution < -0.4 is 0 Å². The minimum atomic E-state index is 0.0829. The van der Waals surface area contributed by atoms with Crippen molar-refractivity contribution < 1.29 is 9.53 Å². The van der Waals surface area contributed by atoms with Crippen molar-refractivity contribution in [2.24, 2.45) is 4.99 Å². The molecule has 0 aliphatic carbocycles. The van der Waals surface area contributed by atoms with Gasteiger partial charge in [-0.2, -0.15) is 0 Å². The predicted octanol–water partition coefficient (Wildman–Crippen LogP) is 2.98. The van der Waals surface area contributed by atoms with Gasteiger partial charge in [-0.25, -0.2) is 0 Å². The van der Waals surface area contributed by atoms with Crippen molar-refractivity contribution in [2.45, 2.75) is 31.7 Å². The lowest BCUT2D eigenvalue weighted by Crippen LogP contribution is -2.42. The predicted molar refractivity (Wildman–Crippen MR) is 105 cm³/mol. The van der Waals surface area contributed by atoms with Gasteiger partial charge in [0.25, 0.3) is 0 Å². The van der Waals surface area contributed by atoms with Gasteiger partial charge in [-0.3, -0.25) is 14.8 Å². The number of hydrogen-bond donors (Lipinski definition) is 0. The number of fused-ring (bicyclic) bond motifs is 1. The molecule has 1 saturated heterocycles. The average Bonchev–Trinajstić information content (AvgIpc) is 3.03. The molecule has 0 saturated carbocycles. The summed E-state index contributed by atoms with van der Waals surface area (Å²) in [7, 11) is 1.68. The Kier molecular flexibility index (Phi) is 5.30. The number of methoxy groups -OCH3 is 1. The van der Waals surface area contributed by atoms with Crippen LogP contribution in [-0.2, 0) is 22.5 Å². The second-order valence-electron chi connectivity index (χ2n) is 7.30. The summed E-state index contributed by atoms with van der Waals surface area (Å²) in [6.45, 7) is 3.40. The number of ketones is 1. The molecule has 0 amide bonds. The van der Waals surface area contributed by atoms with E-state index < -0.39 is 0 Å². The van der Waals surface area contributed by atoms with Crippen LogP contribution in [0.1, 0.15) is 41.1 Å². The first-order valence-electron chi connectivity index (χ1n) is 9.57. The number of aliphatic imine (C=N–C) groups is 1. The van der Waals surface area contributed by atoms with Crippen LogP contribution in [-0.4, -0.2) is 48.3 Å². The number of Topliss-reactive ketones (excluding diaryl/α,β-unsaturated/α-hetero) is 1. The molecule has 5 heteroatoms. The van der Waals surface area contributed by atoms with Gasteiger partial charge in [-0.05, 0) is 23.6 Å². The van der Waals surface area contributed by atoms with Crippen molar-refractivity contribution in [1.82, 2.24) is 9.88 Å². The van der Waals surface area contributed by atoms with Gasteiger partial charge in [0.15, 0.2) is 0 Å². The fourth-order valence-electron chi connectivity index (χ4n) is 3.77. The normalized spacial score (nSPS) is 16.5. The van der Waals surface area contributed by atoms with Gasteiger partial charge in [0.05, 0.1) is 13.2 Å². The Labute approximate surface area is 160 Å². The van der Waals surface area contributed by atoms with E-state index in [9.17, 15) is 4.79 Å². The zero-order valence-electron chi connectivity index (χ0n) is 15.7. The topological polar surface area (TPSA) is 54.8 Å². The summed E-state index contributed by atoms with van der Waals surface area (Å²) in [5.74, 6) is 1.35. The number of amidine groups is 1. The van der Waals surface area contributed by atoms with Crippen LogP contribution in [0.25, 0.3) is 0 Å².